The number of alkyl carbamates (subject to hydrolysis) is 2. The van der Waals surface area contributed by atoms with Crippen molar-refractivity contribution in [3.8, 4) is 11.1 Å². The molecule has 0 spiro atoms. The molecular weight excluding hydrogens is 955 g/mol. The lowest BCUT2D eigenvalue weighted by molar-refractivity contribution is -0.157. The number of likely N-dealkylation sites (N-methyl/N-ethyl adjacent to an activating group) is 1. The SMILES string of the molecule is CCC(C)[C@H](NC(=O)OCC1c2ccccc2-c2ccccc21)C(=O)N1N=CCC[C@@H]1C(=O)N[C@@H](CCCNC(=O)OC(C)(C)C)C(=O)N(C)[C@H](Cc1ccccc1)C(=O)N1CCC[C@H]1C(=O)OCc1ccccc1. The minimum atomic E-state index is -1.26. The van der Waals surface area contributed by atoms with Crippen molar-refractivity contribution in [2.45, 2.75) is 134 Å². The van der Waals surface area contributed by atoms with Crippen LogP contribution >= 0.6 is 0 Å². The summed E-state index contributed by atoms with van der Waals surface area (Å²) < 4.78 is 17.0. The van der Waals surface area contributed by atoms with Crippen LogP contribution < -0.4 is 16.0 Å². The van der Waals surface area contributed by atoms with Crippen molar-refractivity contribution in [1.82, 2.24) is 30.8 Å². The second-order valence-corrected chi connectivity index (χ2v) is 20.5. The molecule has 17 heteroatoms. The van der Waals surface area contributed by atoms with Crippen molar-refractivity contribution < 1.29 is 47.8 Å². The summed E-state index contributed by atoms with van der Waals surface area (Å²) in [4.78, 5) is 102. The van der Waals surface area contributed by atoms with Gasteiger partial charge in [0.2, 0.25) is 17.7 Å². The summed E-state index contributed by atoms with van der Waals surface area (Å²) in [5, 5.41) is 13.9. The molecule has 4 aromatic rings. The van der Waals surface area contributed by atoms with Gasteiger partial charge in [0.15, 0.2) is 0 Å². The molecular formula is C58H71N7O10. The maximum Gasteiger partial charge on any atom is 0.407 e. The van der Waals surface area contributed by atoms with Crippen LogP contribution in [0.5, 0.6) is 0 Å². The van der Waals surface area contributed by atoms with E-state index in [1.807, 2.05) is 123 Å². The van der Waals surface area contributed by atoms with Crippen LogP contribution in [-0.4, -0.2) is 125 Å². The molecule has 1 fully saturated rings. The summed E-state index contributed by atoms with van der Waals surface area (Å²) in [6, 6.07) is 28.9. The molecule has 3 aliphatic rings. The smallest absolute Gasteiger partial charge is 0.407 e. The third kappa shape index (κ3) is 14.2. The number of fused-ring (bicyclic) bond motifs is 3. The number of likely N-dealkylation sites (tertiary alicyclic amines) is 1. The number of esters is 1. The normalized spacial score (nSPS) is 17.6. The van der Waals surface area contributed by atoms with Gasteiger partial charge < -0.3 is 40.0 Å². The van der Waals surface area contributed by atoms with Crippen molar-refractivity contribution in [3.63, 3.8) is 0 Å². The predicted octanol–water partition coefficient (Wildman–Crippen LogP) is 7.51. The van der Waals surface area contributed by atoms with Crippen LogP contribution in [0.1, 0.15) is 108 Å². The van der Waals surface area contributed by atoms with Crippen LogP contribution in [0.2, 0.25) is 0 Å². The van der Waals surface area contributed by atoms with Crippen LogP contribution in [0.3, 0.4) is 0 Å². The zero-order valence-corrected chi connectivity index (χ0v) is 43.9. The molecule has 1 unspecified atom stereocenters. The van der Waals surface area contributed by atoms with Crippen molar-refractivity contribution in [2.24, 2.45) is 11.0 Å². The Morgan fingerprint density at radius 1 is 0.760 bits per heavy atom. The quantitative estimate of drug-likeness (QED) is 0.0451. The Kier molecular flexibility index (Phi) is 18.8. The maximum atomic E-state index is 15.0. The van der Waals surface area contributed by atoms with Crippen LogP contribution in [0, 0.1) is 5.92 Å². The Balaban J connectivity index is 1.09. The highest BCUT2D eigenvalue weighted by Gasteiger charge is 2.43. The molecule has 75 heavy (non-hydrogen) atoms. The van der Waals surface area contributed by atoms with E-state index in [9.17, 15) is 28.8 Å². The Hall–Kier alpha value is -7.56. The average molecular weight is 1030 g/mol. The van der Waals surface area contributed by atoms with Gasteiger partial charge in [-0.2, -0.15) is 5.10 Å². The Morgan fingerprint density at radius 2 is 1.39 bits per heavy atom. The average Bonchev–Trinajstić information content (AvgIpc) is 4.04. The van der Waals surface area contributed by atoms with Gasteiger partial charge in [0.1, 0.15) is 49.0 Å². The molecule has 2 aliphatic heterocycles. The van der Waals surface area contributed by atoms with E-state index in [0.717, 1.165) is 38.4 Å². The first-order valence-electron chi connectivity index (χ1n) is 26.1. The van der Waals surface area contributed by atoms with Gasteiger partial charge in [-0.15, -0.1) is 0 Å². The summed E-state index contributed by atoms with van der Waals surface area (Å²) in [6.45, 7) is 9.35. The fraction of sp³-hybridized carbons (Fsp3) is 0.448. The zero-order valence-electron chi connectivity index (χ0n) is 43.9. The fourth-order valence-electron chi connectivity index (χ4n) is 9.88. The van der Waals surface area contributed by atoms with E-state index in [4.69, 9.17) is 14.2 Å². The summed E-state index contributed by atoms with van der Waals surface area (Å²) in [5.41, 5.74) is 5.03. The highest BCUT2D eigenvalue weighted by atomic mass is 16.6. The maximum absolute atomic E-state index is 15.0. The van der Waals surface area contributed by atoms with Gasteiger partial charge in [0.25, 0.3) is 5.91 Å². The first-order chi connectivity index (χ1) is 36.0. The van der Waals surface area contributed by atoms with Crippen molar-refractivity contribution in [3.05, 3.63) is 131 Å². The fourth-order valence-corrected chi connectivity index (χ4v) is 9.88. The molecule has 7 rings (SSSR count). The number of hydrogen-bond donors (Lipinski definition) is 3. The lowest BCUT2D eigenvalue weighted by Gasteiger charge is -2.36. The molecule has 0 bridgehead atoms. The van der Waals surface area contributed by atoms with E-state index in [1.165, 1.54) is 23.1 Å². The summed E-state index contributed by atoms with van der Waals surface area (Å²) in [5.74, 6) is -3.53. The van der Waals surface area contributed by atoms with E-state index in [2.05, 4.69) is 21.1 Å². The highest BCUT2D eigenvalue weighted by molar-refractivity contribution is 5.97. The molecule has 2 heterocycles. The Morgan fingerprint density at radius 3 is 2.03 bits per heavy atom. The largest absolute Gasteiger partial charge is 0.459 e. The molecule has 4 aromatic carbocycles. The number of carbonyl (C=O) groups is 7. The van der Waals surface area contributed by atoms with E-state index < -0.39 is 83.5 Å². The van der Waals surface area contributed by atoms with Crippen molar-refractivity contribution in [1.29, 1.82) is 0 Å². The first-order valence-corrected chi connectivity index (χ1v) is 26.1. The lowest BCUT2D eigenvalue weighted by Crippen LogP contribution is -2.60. The first kappa shape index (κ1) is 55.2. The van der Waals surface area contributed by atoms with Crippen molar-refractivity contribution in [2.75, 3.05) is 26.7 Å². The van der Waals surface area contributed by atoms with Gasteiger partial charge >= 0.3 is 18.2 Å². The van der Waals surface area contributed by atoms with Crippen LogP contribution in [-0.2, 0) is 51.2 Å². The number of ether oxygens (including phenoxy) is 3. The third-order valence-corrected chi connectivity index (χ3v) is 14.1. The second-order valence-electron chi connectivity index (χ2n) is 20.5. The molecule has 17 nitrogen and oxygen atoms in total. The van der Waals surface area contributed by atoms with E-state index in [1.54, 1.807) is 20.8 Å². The van der Waals surface area contributed by atoms with Crippen LogP contribution in [0.15, 0.2) is 114 Å². The topological polar surface area (TPSA) is 205 Å². The summed E-state index contributed by atoms with van der Waals surface area (Å²) in [7, 11) is 1.50. The molecule has 1 aliphatic carbocycles. The van der Waals surface area contributed by atoms with Gasteiger partial charge in [-0.3, -0.25) is 19.2 Å². The molecule has 0 aromatic heterocycles. The number of carbonyl (C=O) groups excluding carboxylic acids is 7. The van der Waals surface area contributed by atoms with Gasteiger partial charge in [-0.05, 0) is 98.6 Å². The Bertz CT molecular complexity index is 2630. The molecule has 6 amide bonds. The van der Waals surface area contributed by atoms with Gasteiger partial charge in [-0.25, -0.2) is 19.4 Å². The lowest BCUT2D eigenvalue weighted by atomic mass is 9.97. The highest BCUT2D eigenvalue weighted by Crippen LogP contribution is 2.44. The van der Waals surface area contributed by atoms with Gasteiger partial charge in [0, 0.05) is 38.7 Å². The summed E-state index contributed by atoms with van der Waals surface area (Å²) >= 11 is 0. The monoisotopic (exact) mass is 1030 g/mol. The molecule has 3 N–H and O–H groups in total. The Labute approximate surface area is 439 Å². The minimum Gasteiger partial charge on any atom is -0.459 e. The summed E-state index contributed by atoms with van der Waals surface area (Å²) in [6.07, 6.45) is 2.31. The zero-order chi connectivity index (χ0) is 53.6. The molecule has 0 radical (unpaired) electrons. The van der Waals surface area contributed by atoms with Crippen molar-refractivity contribution >= 4 is 48.0 Å². The second kappa shape index (κ2) is 25.6. The standard InChI is InChI=1S/C58H71N7O10/c1-7-38(2)50(62-57(72)74-37-45-43-27-16-14-25-41(43)42-26-15-17-28-44(42)45)54(69)65-47(30-19-33-60-65)51(66)61-46(29-18-32-59-56(71)75-58(3,4)5)52(67)63(6)49(35-39-21-10-8-11-22-39)53(68)64-34-20-31-48(64)55(70)73-36-40-23-12-9-13-24-40/h8-17,21-28,33,38,45-50H,7,18-20,29-32,34-37H2,1-6H3,(H,59,71)(H,61,66)(H,62,72)/t38?,46-,47+,48-,49+,50-/m0/s1. The number of hydrogen-bond acceptors (Lipinski definition) is 11. The molecule has 398 valence electrons. The number of amides is 6. The molecule has 0 saturated carbocycles. The number of hydrazone groups is 1. The number of benzene rings is 4. The van der Waals surface area contributed by atoms with Gasteiger partial charge in [0.05, 0.1) is 0 Å². The minimum absolute atomic E-state index is 0.0118. The third-order valence-electron chi connectivity index (χ3n) is 14.1. The predicted molar refractivity (Wildman–Crippen MR) is 283 cm³/mol. The number of nitrogens with zero attached hydrogens (tertiary/aromatic N) is 4. The number of nitrogens with one attached hydrogen (secondary N) is 3. The molecule has 1 saturated heterocycles. The van der Waals surface area contributed by atoms with E-state index in [-0.39, 0.29) is 57.9 Å². The number of rotatable bonds is 20. The van der Waals surface area contributed by atoms with Gasteiger partial charge in [-0.1, -0.05) is 129 Å². The van der Waals surface area contributed by atoms with Crippen LogP contribution in [0.25, 0.3) is 11.1 Å². The van der Waals surface area contributed by atoms with E-state index in [0.29, 0.717) is 25.7 Å². The van der Waals surface area contributed by atoms with E-state index >= 15 is 4.79 Å². The van der Waals surface area contributed by atoms with Crippen LogP contribution in [0.4, 0.5) is 9.59 Å². The molecule has 6 atom stereocenters.